The lowest BCUT2D eigenvalue weighted by molar-refractivity contribution is 0.112. The van der Waals surface area contributed by atoms with Crippen LogP contribution in [0.5, 0.6) is 0 Å². The molecule has 0 N–H and O–H groups in total. The van der Waals surface area contributed by atoms with Crippen molar-refractivity contribution in [3.05, 3.63) is 53.1 Å². The molecule has 0 amide bonds. The zero-order chi connectivity index (χ0) is 26.0. The molecule has 0 saturated carbocycles. The first kappa shape index (κ1) is 30.6. The Balaban J connectivity index is 2.20. The molecule has 1 fully saturated rings. The molecule has 0 bridgehead atoms. The lowest BCUT2D eigenvalue weighted by Gasteiger charge is -2.35. The minimum Gasteiger partial charge on any atom is -0.367 e. The maximum Gasteiger partial charge on any atom is 0.150 e. The molecule has 0 spiro atoms. The first-order valence-electron chi connectivity index (χ1n) is 14.3. The summed E-state index contributed by atoms with van der Waals surface area (Å²) in [6, 6.07) is 6.62. The predicted octanol–water partition coefficient (Wildman–Crippen LogP) is 7.32. The number of benzene rings is 1. The SMILES string of the molecule is C/C=C\CC(C)N(CCN(C/C=C/Cl)CCN1CCCCCC1)c1cc(C=O)ccc1CCCCC. The molecule has 1 unspecified atom stereocenters. The minimum absolute atomic E-state index is 0.351. The number of rotatable bonds is 17. The molecule has 1 heterocycles. The Bertz CT molecular complexity index is 786. The van der Waals surface area contributed by atoms with Gasteiger partial charge in [0.2, 0.25) is 0 Å². The van der Waals surface area contributed by atoms with Crippen LogP contribution in [0.3, 0.4) is 0 Å². The van der Waals surface area contributed by atoms with Gasteiger partial charge in [-0.25, -0.2) is 0 Å². The minimum atomic E-state index is 0.351. The van der Waals surface area contributed by atoms with Crippen molar-refractivity contribution in [2.75, 3.05) is 50.7 Å². The van der Waals surface area contributed by atoms with Gasteiger partial charge in [-0.15, -0.1) is 0 Å². The molecule has 1 aromatic rings. The fourth-order valence-corrected chi connectivity index (χ4v) is 5.19. The molecular formula is C31H50ClN3O. The molecule has 5 heteroatoms. The normalized spacial score (nSPS) is 16.1. The second-order valence-corrected chi connectivity index (χ2v) is 10.5. The quantitative estimate of drug-likeness (QED) is 0.123. The third-order valence-corrected chi connectivity index (χ3v) is 7.57. The number of hydrogen-bond donors (Lipinski definition) is 0. The smallest absolute Gasteiger partial charge is 0.150 e. The summed E-state index contributed by atoms with van der Waals surface area (Å²) in [5, 5.41) is 0. The van der Waals surface area contributed by atoms with E-state index in [0.29, 0.717) is 6.04 Å². The molecule has 0 aliphatic carbocycles. The average Bonchev–Trinajstić information content (AvgIpc) is 3.18. The van der Waals surface area contributed by atoms with E-state index in [4.69, 9.17) is 11.6 Å². The lowest BCUT2D eigenvalue weighted by Crippen LogP contribution is -2.43. The van der Waals surface area contributed by atoms with Crippen LogP contribution in [0.25, 0.3) is 0 Å². The summed E-state index contributed by atoms with van der Waals surface area (Å²) in [4.78, 5) is 19.4. The molecular weight excluding hydrogens is 466 g/mol. The summed E-state index contributed by atoms with van der Waals surface area (Å²) >= 11 is 5.93. The molecule has 1 saturated heterocycles. The van der Waals surface area contributed by atoms with Crippen molar-refractivity contribution in [2.45, 2.75) is 84.6 Å². The molecule has 1 aromatic carbocycles. The summed E-state index contributed by atoms with van der Waals surface area (Å²) < 4.78 is 0. The highest BCUT2D eigenvalue weighted by atomic mass is 35.5. The average molecular weight is 516 g/mol. The van der Waals surface area contributed by atoms with Gasteiger partial charge >= 0.3 is 0 Å². The summed E-state index contributed by atoms with van der Waals surface area (Å²) in [5.74, 6) is 0. The summed E-state index contributed by atoms with van der Waals surface area (Å²) in [7, 11) is 0. The highest BCUT2D eigenvalue weighted by Gasteiger charge is 2.19. The fourth-order valence-electron chi connectivity index (χ4n) is 5.11. The van der Waals surface area contributed by atoms with Gasteiger partial charge in [-0.05, 0) is 70.7 Å². The highest BCUT2D eigenvalue weighted by Crippen LogP contribution is 2.27. The number of aldehydes is 1. The number of allylic oxidation sites excluding steroid dienone is 1. The number of halogens is 1. The van der Waals surface area contributed by atoms with Crippen LogP contribution in [0.4, 0.5) is 5.69 Å². The first-order chi connectivity index (χ1) is 17.6. The molecule has 202 valence electrons. The van der Waals surface area contributed by atoms with E-state index in [1.807, 2.05) is 6.07 Å². The molecule has 1 aliphatic heterocycles. The number of likely N-dealkylation sites (tertiary alicyclic amines) is 1. The summed E-state index contributed by atoms with van der Waals surface area (Å²) in [5.41, 5.74) is 4.99. The number of unbranched alkanes of at least 4 members (excludes halogenated alkanes) is 2. The Morgan fingerprint density at radius 3 is 2.50 bits per heavy atom. The van der Waals surface area contributed by atoms with Crippen molar-refractivity contribution >= 4 is 23.6 Å². The van der Waals surface area contributed by atoms with E-state index in [9.17, 15) is 4.79 Å². The van der Waals surface area contributed by atoms with Crippen molar-refractivity contribution in [3.63, 3.8) is 0 Å². The van der Waals surface area contributed by atoms with Gasteiger partial charge < -0.3 is 9.80 Å². The lowest BCUT2D eigenvalue weighted by atomic mass is 10.0. The Hall–Kier alpha value is -1.62. The van der Waals surface area contributed by atoms with E-state index in [2.05, 4.69) is 65.8 Å². The maximum atomic E-state index is 11.7. The number of anilines is 1. The van der Waals surface area contributed by atoms with E-state index in [1.165, 1.54) is 69.3 Å². The van der Waals surface area contributed by atoms with Crippen molar-refractivity contribution in [3.8, 4) is 0 Å². The standard InChI is InChI=1S/C31H50ClN3O/c1-4-6-10-15-30-17-16-29(27-36)26-31(30)35(28(3)14-7-5-2)25-24-34(21-13-18-32)23-22-33-19-11-8-9-12-20-33/h5,7,13,16-18,26-28H,4,6,8-12,14-15,19-25H2,1-3H3/b7-5-,18-13+. The molecule has 36 heavy (non-hydrogen) atoms. The number of nitrogens with zero attached hydrogens (tertiary/aromatic N) is 3. The van der Waals surface area contributed by atoms with E-state index in [-0.39, 0.29) is 0 Å². The Morgan fingerprint density at radius 2 is 1.83 bits per heavy atom. The van der Waals surface area contributed by atoms with Crippen molar-refractivity contribution in [1.82, 2.24) is 9.80 Å². The van der Waals surface area contributed by atoms with E-state index < -0.39 is 0 Å². The van der Waals surface area contributed by atoms with Crippen LogP contribution in [0.2, 0.25) is 0 Å². The van der Waals surface area contributed by atoms with Crippen LogP contribution in [-0.4, -0.2) is 67.9 Å². The zero-order valence-electron chi connectivity index (χ0n) is 23.1. The van der Waals surface area contributed by atoms with Gasteiger partial charge in [0.25, 0.3) is 0 Å². The highest BCUT2D eigenvalue weighted by molar-refractivity contribution is 6.25. The topological polar surface area (TPSA) is 26.8 Å². The van der Waals surface area contributed by atoms with Crippen molar-refractivity contribution in [1.29, 1.82) is 0 Å². The Morgan fingerprint density at radius 1 is 1.06 bits per heavy atom. The zero-order valence-corrected chi connectivity index (χ0v) is 23.9. The molecule has 0 radical (unpaired) electrons. The van der Waals surface area contributed by atoms with Crippen LogP contribution in [-0.2, 0) is 6.42 Å². The molecule has 2 rings (SSSR count). The van der Waals surface area contributed by atoms with Crippen molar-refractivity contribution < 1.29 is 4.79 Å². The first-order valence-corrected chi connectivity index (χ1v) is 14.7. The predicted molar refractivity (Wildman–Crippen MR) is 158 cm³/mol. The van der Waals surface area contributed by atoms with E-state index in [1.54, 1.807) is 5.54 Å². The monoisotopic (exact) mass is 515 g/mol. The Labute approximate surface area is 226 Å². The van der Waals surface area contributed by atoms with Gasteiger partial charge in [0, 0.05) is 55.6 Å². The molecule has 1 atom stereocenters. The third-order valence-electron chi connectivity index (χ3n) is 7.39. The van der Waals surface area contributed by atoms with E-state index in [0.717, 1.165) is 57.4 Å². The van der Waals surface area contributed by atoms with Crippen LogP contribution >= 0.6 is 11.6 Å². The number of carbonyl (C=O) groups excluding carboxylic acids is 1. The van der Waals surface area contributed by atoms with Crippen LogP contribution < -0.4 is 4.90 Å². The van der Waals surface area contributed by atoms with Gasteiger partial charge in [-0.1, -0.05) is 74.6 Å². The van der Waals surface area contributed by atoms with Crippen molar-refractivity contribution in [2.24, 2.45) is 0 Å². The molecule has 4 nitrogen and oxygen atoms in total. The maximum absolute atomic E-state index is 11.7. The Kier molecular flexibility index (Phi) is 15.8. The van der Waals surface area contributed by atoms with Gasteiger partial charge in [0.05, 0.1) is 0 Å². The summed E-state index contributed by atoms with van der Waals surface area (Å²) in [6.07, 6.45) is 18.5. The van der Waals surface area contributed by atoms with Gasteiger partial charge in [-0.3, -0.25) is 9.69 Å². The second kappa shape index (κ2) is 18.6. The fraction of sp³-hybridized carbons (Fsp3) is 0.645. The van der Waals surface area contributed by atoms with Gasteiger partial charge in [0.15, 0.2) is 0 Å². The van der Waals surface area contributed by atoms with Crippen LogP contribution in [0.15, 0.2) is 42.0 Å². The second-order valence-electron chi connectivity index (χ2n) is 10.2. The molecule has 1 aliphatic rings. The number of carbonyl (C=O) groups is 1. The summed E-state index contributed by atoms with van der Waals surface area (Å²) in [6.45, 7) is 14.0. The largest absolute Gasteiger partial charge is 0.367 e. The van der Waals surface area contributed by atoms with Gasteiger partial charge in [-0.2, -0.15) is 0 Å². The third kappa shape index (κ3) is 11.2. The van der Waals surface area contributed by atoms with Crippen LogP contribution in [0.1, 0.15) is 88.1 Å². The van der Waals surface area contributed by atoms with Gasteiger partial charge in [0.1, 0.15) is 6.29 Å². The number of hydrogen-bond acceptors (Lipinski definition) is 4. The molecule has 0 aromatic heterocycles. The number of aryl methyl sites for hydroxylation is 1. The van der Waals surface area contributed by atoms with Crippen LogP contribution in [0, 0.1) is 0 Å². The van der Waals surface area contributed by atoms with E-state index >= 15 is 0 Å².